The van der Waals surface area contributed by atoms with E-state index in [-0.39, 0.29) is 12.5 Å². The standard InChI is InChI=1S/C42H79NO13/c1-3-5-7-9-11-13-15-17-19-21-23-25-31(46)30(43-34(47)26-24-22-20-18-16-14-12-10-8-6-4-2)29-53-41-39(52)37(50)40(33(28-45)55-41)56-42-38(51)36(49)35(48)32(27-44)54-42/h10,12,30-33,35-42,44-46,48-52H,3-9,11,13-29H2,1-2H3,(H,43,47)/b12-10-. The van der Waals surface area contributed by atoms with Gasteiger partial charge >= 0.3 is 0 Å². The Morgan fingerprint density at radius 1 is 0.625 bits per heavy atom. The largest absolute Gasteiger partial charge is 0.394 e. The summed E-state index contributed by atoms with van der Waals surface area (Å²) in [5, 5.41) is 86.4. The average molecular weight is 806 g/mol. The predicted octanol–water partition coefficient (Wildman–Crippen LogP) is 3.65. The van der Waals surface area contributed by atoms with Gasteiger partial charge in [0.2, 0.25) is 5.91 Å². The van der Waals surface area contributed by atoms with E-state index in [1.165, 1.54) is 57.8 Å². The van der Waals surface area contributed by atoms with E-state index in [0.29, 0.717) is 19.3 Å². The first-order valence-corrected chi connectivity index (χ1v) is 21.9. The van der Waals surface area contributed by atoms with Crippen LogP contribution in [0, 0.1) is 0 Å². The number of hydrogen-bond donors (Lipinski definition) is 9. The molecular weight excluding hydrogens is 726 g/mol. The molecule has 14 nitrogen and oxygen atoms in total. The van der Waals surface area contributed by atoms with Crippen LogP contribution >= 0.6 is 0 Å². The van der Waals surface area contributed by atoms with Gasteiger partial charge < -0.3 is 65.1 Å². The van der Waals surface area contributed by atoms with Crippen molar-refractivity contribution in [2.45, 2.75) is 229 Å². The Balaban J connectivity index is 1.91. The number of aliphatic hydroxyl groups excluding tert-OH is 8. The summed E-state index contributed by atoms with van der Waals surface area (Å²) in [5.41, 5.74) is 0. The number of carbonyl (C=O) groups excluding carboxylic acids is 1. The Hall–Kier alpha value is -1.27. The molecule has 0 aromatic carbocycles. The Bertz CT molecular complexity index is 1000. The van der Waals surface area contributed by atoms with Gasteiger partial charge in [-0.15, -0.1) is 0 Å². The molecule has 0 aliphatic carbocycles. The number of hydrogen-bond acceptors (Lipinski definition) is 13. The lowest BCUT2D eigenvalue weighted by molar-refractivity contribution is -0.359. The van der Waals surface area contributed by atoms with Crippen LogP contribution in [-0.4, -0.2) is 140 Å². The average Bonchev–Trinajstić information content (AvgIpc) is 3.19. The number of carbonyl (C=O) groups is 1. The molecule has 0 aromatic rings. The lowest BCUT2D eigenvalue weighted by Crippen LogP contribution is -2.65. The molecule has 0 bridgehead atoms. The molecular formula is C42H79NO13. The van der Waals surface area contributed by atoms with Gasteiger partial charge in [-0.1, -0.05) is 129 Å². The highest BCUT2D eigenvalue weighted by Crippen LogP contribution is 2.30. The first-order valence-electron chi connectivity index (χ1n) is 21.9. The molecule has 2 heterocycles. The zero-order valence-corrected chi connectivity index (χ0v) is 34.4. The second-order valence-electron chi connectivity index (χ2n) is 15.8. The van der Waals surface area contributed by atoms with Gasteiger partial charge in [0.25, 0.3) is 0 Å². The molecule has 56 heavy (non-hydrogen) atoms. The zero-order chi connectivity index (χ0) is 41.1. The third kappa shape index (κ3) is 19.2. The second kappa shape index (κ2) is 30.7. The lowest BCUT2D eigenvalue weighted by Gasteiger charge is -2.46. The summed E-state index contributed by atoms with van der Waals surface area (Å²) >= 11 is 0. The summed E-state index contributed by atoms with van der Waals surface area (Å²) in [6.45, 7) is 2.76. The molecule has 1 amide bonds. The number of ether oxygens (including phenoxy) is 4. The highest BCUT2D eigenvalue weighted by Gasteiger charge is 2.51. The van der Waals surface area contributed by atoms with E-state index in [1.807, 2.05) is 0 Å². The van der Waals surface area contributed by atoms with Crippen molar-refractivity contribution in [3.05, 3.63) is 12.2 Å². The fourth-order valence-electron chi connectivity index (χ4n) is 7.27. The maximum Gasteiger partial charge on any atom is 0.220 e. The Morgan fingerprint density at radius 3 is 1.75 bits per heavy atom. The second-order valence-corrected chi connectivity index (χ2v) is 15.8. The predicted molar refractivity (Wildman–Crippen MR) is 212 cm³/mol. The van der Waals surface area contributed by atoms with Crippen molar-refractivity contribution in [2.75, 3.05) is 19.8 Å². The summed E-state index contributed by atoms with van der Waals surface area (Å²) < 4.78 is 22.6. The first-order chi connectivity index (χ1) is 27.1. The van der Waals surface area contributed by atoms with Gasteiger partial charge in [-0.3, -0.25) is 4.79 Å². The topological polar surface area (TPSA) is 228 Å². The molecule has 9 N–H and O–H groups in total. The fraction of sp³-hybridized carbons (Fsp3) is 0.929. The van der Waals surface area contributed by atoms with Crippen LogP contribution in [0.15, 0.2) is 12.2 Å². The molecule has 330 valence electrons. The summed E-state index contributed by atoms with van der Waals surface area (Å²) in [6, 6.07) is -0.825. The number of nitrogens with one attached hydrogen (secondary N) is 1. The minimum Gasteiger partial charge on any atom is -0.394 e. The number of allylic oxidation sites excluding steroid dienone is 2. The van der Waals surface area contributed by atoms with Crippen molar-refractivity contribution in [2.24, 2.45) is 0 Å². The molecule has 0 aromatic heterocycles. The molecule has 0 saturated carbocycles. The minimum atomic E-state index is -1.78. The van der Waals surface area contributed by atoms with Crippen LogP contribution < -0.4 is 5.32 Å². The first kappa shape index (κ1) is 50.9. The molecule has 2 rings (SSSR count). The van der Waals surface area contributed by atoms with Gasteiger partial charge in [0.15, 0.2) is 12.6 Å². The Labute approximate surface area is 336 Å². The molecule has 0 radical (unpaired) electrons. The summed E-state index contributed by atoms with van der Waals surface area (Å²) in [5.74, 6) is -0.221. The number of amides is 1. The minimum absolute atomic E-state index is 0.221. The molecule has 2 aliphatic rings. The molecule has 12 unspecified atom stereocenters. The summed E-state index contributed by atoms with van der Waals surface area (Å²) in [6.07, 6.45) is 10.9. The van der Waals surface area contributed by atoms with E-state index in [4.69, 9.17) is 18.9 Å². The SMILES string of the molecule is CCCC/C=C\CCCCCCCC(=O)NC(COC1OC(CO)C(OC2OC(CO)C(O)C(O)C2O)C(O)C1O)C(O)CCCCCCCCCCCCC. The molecule has 0 spiro atoms. The van der Waals surface area contributed by atoms with Crippen molar-refractivity contribution in [3.63, 3.8) is 0 Å². The van der Waals surface area contributed by atoms with Gasteiger partial charge in [0.05, 0.1) is 32.0 Å². The number of unbranched alkanes of at least 4 members (excludes halogenated alkanes) is 17. The van der Waals surface area contributed by atoms with E-state index < -0.39 is 86.8 Å². The Morgan fingerprint density at radius 2 is 1.14 bits per heavy atom. The molecule has 2 saturated heterocycles. The van der Waals surface area contributed by atoms with Gasteiger partial charge in [0.1, 0.15) is 48.8 Å². The van der Waals surface area contributed by atoms with Crippen molar-refractivity contribution in [1.82, 2.24) is 5.32 Å². The monoisotopic (exact) mass is 806 g/mol. The quantitative estimate of drug-likeness (QED) is 0.0350. The van der Waals surface area contributed by atoms with Crippen LogP contribution in [-0.2, 0) is 23.7 Å². The fourth-order valence-corrected chi connectivity index (χ4v) is 7.27. The number of rotatable bonds is 32. The maximum atomic E-state index is 13.1. The van der Waals surface area contributed by atoms with Gasteiger partial charge in [-0.05, 0) is 32.1 Å². The van der Waals surface area contributed by atoms with Crippen LogP contribution in [0.25, 0.3) is 0 Å². The summed E-state index contributed by atoms with van der Waals surface area (Å²) in [7, 11) is 0. The number of aliphatic hydroxyl groups is 8. The van der Waals surface area contributed by atoms with E-state index in [0.717, 1.165) is 64.2 Å². The molecule has 12 atom stereocenters. The molecule has 2 fully saturated rings. The highest BCUT2D eigenvalue weighted by molar-refractivity contribution is 5.76. The van der Waals surface area contributed by atoms with Crippen LogP contribution in [0.5, 0.6) is 0 Å². The van der Waals surface area contributed by atoms with Crippen molar-refractivity contribution < 1.29 is 64.6 Å². The van der Waals surface area contributed by atoms with Crippen LogP contribution in [0.3, 0.4) is 0 Å². The Kier molecular flexibility index (Phi) is 27.9. The smallest absolute Gasteiger partial charge is 0.220 e. The van der Waals surface area contributed by atoms with E-state index >= 15 is 0 Å². The van der Waals surface area contributed by atoms with E-state index in [1.54, 1.807) is 0 Å². The normalized spacial score (nSPS) is 29.5. The van der Waals surface area contributed by atoms with Crippen LogP contribution in [0.4, 0.5) is 0 Å². The van der Waals surface area contributed by atoms with Crippen LogP contribution in [0.2, 0.25) is 0 Å². The summed E-state index contributed by atoms with van der Waals surface area (Å²) in [4.78, 5) is 13.1. The van der Waals surface area contributed by atoms with E-state index in [2.05, 4.69) is 31.3 Å². The molecule has 2 aliphatic heterocycles. The third-order valence-electron chi connectivity index (χ3n) is 11.0. The van der Waals surface area contributed by atoms with Gasteiger partial charge in [0, 0.05) is 6.42 Å². The molecule has 14 heteroatoms. The van der Waals surface area contributed by atoms with E-state index in [9.17, 15) is 45.6 Å². The maximum absolute atomic E-state index is 13.1. The van der Waals surface area contributed by atoms with Gasteiger partial charge in [-0.2, -0.15) is 0 Å². The van der Waals surface area contributed by atoms with Gasteiger partial charge in [-0.25, -0.2) is 0 Å². The van der Waals surface area contributed by atoms with Crippen LogP contribution in [0.1, 0.15) is 155 Å². The lowest BCUT2D eigenvalue weighted by atomic mass is 9.97. The van der Waals surface area contributed by atoms with Crippen molar-refractivity contribution in [1.29, 1.82) is 0 Å². The van der Waals surface area contributed by atoms with Crippen molar-refractivity contribution >= 4 is 5.91 Å². The highest BCUT2D eigenvalue weighted by atomic mass is 16.7. The van der Waals surface area contributed by atoms with Crippen molar-refractivity contribution in [3.8, 4) is 0 Å². The zero-order valence-electron chi connectivity index (χ0n) is 34.4. The third-order valence-corrected chi connectivity index (χ3v) is 11.0.